The summed E-state index contributed by atoms with van der Waals surface area (Å²) in [6.45, 7) is 0. The zero-order valence-corrected chi connectivity index (χ0v) is 4.26. The number of hydrogen-bond acceptors (Lipinski definition) is 3. The highest BCUT2D eigenvalue weighted by molar-refractivity contribution is 5.34. The second-order valence-corrected chi connectivity index (χ2v) is 1.43. The van der Waals surface area contributed by atoms with Crippen LogP contribution in [0.1, 0.15) is 0 Å². The van der Waals surface area contributed by atoms with Gasteiger partial charge in [0.2, 0.25) is 18.0 Å². The quantitative estimate of drug-likeness (QED) is 0.453. The minimum Gasteiger partial charge on any atom is -0.370 e. The Hall–Kier alpha value is -1.32. The van der Waals surface area contributed by atoms with Gasteiger partial charge in [-0.1, -0.05) is 4.98 Å². The van der Waals surface area contributed by atoms with Gasteiger partial charge in [-0.3, -0.25) is 4.98 Å². The smallest absolute Gasteiger partial charge is 0.225 e. The fraction of sp³-hybridized carbons (Fsp3) is 0. The molecule has 0 saturated carbocycles. The van der Waals surface area contributed by atoms with E-state index < -0.39 is 0 Å². The first-order chi connectivity index (χ1) is 3.79. The Labute approximate surface area is 46.6 Å². The van der Waals surface area contributed by atoms with Crippen molar-refractivity contribution in [1.29, 1.82) is 0 Å². The molecule has 0 saturated heterocycles. The molecule has 1 aromatic rings. The summed E-state index contributed by atoms with van der Waals surface area (Å²) in [6, 6.07) is 1.56. The Bertz CT molecular complexity index is 168. The third kappa shape index (κ3) is 0.841. The molecule has 0 atom stereocenters. The van der Waals surface area contributed by atoms with E-state index in [0.29, 0.717) is 11.6 Å². The van der Waals surface area contributed by atoms with Gasteiger partial charge >= 0.3 is 0 Å². The molecule has 0 amide bonds. The van der Waals surface area contributed by atoms with Gasteiger partial charge in [-0.25, -0.2) is 0 Å². The largest absolute Gasteiger partial charge is 0.370 e. The molecule has 0 radical (unpaired) electrons. The third-order valence-corrected chi connectivity index (χ3v) is 0.748. The maximum Gasteiger partial charge on any atom is 0.225 e. The summed E-state index contributed by atoms with van der Waals surface area (Å²) in [4.78, 5) is 6.34. The van der Waals surface area contributed by atoms with Crippen LogP contribution in [0.15, 0.2) is 12.4 Å². The van der Waals surface area contributed by atoms with Gasteiger partial charge in [-0.05, 0) is 0 Å². The van der Waals surface area contributed by atoms with Gasteiger partial charge < -0.3 is 11.5 Å². The van der Waals surface area contributed by atoms with Crippen molar-refractivity contribution in [2.75, 3.05) is 11.5 Å². The van der Waals surface area contributed by atoms with Gasteiger partial charge in [0.15, 0.2) is 0 Å². The lowest BCUT2D eigenvalue weighted by molar-refractivity contribution is -0.364. The molecule has 1 heterocycles. The van der Waals surface area contributed by atoms with Crippen molar-refractivity contribution in [3.05, 3.63) is 12.4 Å². The Balaban J connectivity index is 3.08. The molecule has 0 spiro atoms. The number of aromatic amines is 1. The van der Waals surface area contributed by atoms with Crippen LogP contribution in [0.2, 0.25) is 0 Å². The molecule has 5 N–H and O–H groups in total. The van der Waals surface area contributed by atoms with Crippen LogP contribution in [0.25, 0.3) is 0 Å². The van der Waals surface area contributed by atoms with Crippen molar-refractivity contribution < 1.29 is 4.98 Å². The van der Waals surface area contributed by atoms with Gasteiger partial charge in [0, 0.05) is 0 Å². The lowest BCUT2D eigenvalue weighted by Gasteiger charge is -1.83. The summed E-state index contributed by atoms with van der Waals surface area (Å²) in [5.41, 5.74) is 10.5. The maximum atomic E-state index is 5.28. The standard InChI is InChI=1S/C4H6N4/c5-3-1-4(6)8-2-7-3/h1-2H,(H4,5,6,7,8)/p+1. The topological polar surface area (TPSA) is 79.1 Å². The van der Waals surface area contributed by atoms with Gasteiger partial charge in [0.1, 0.15) is 0 Å². The van der Waals surface area contributed by atoms with Crippen LogP contribution >= 0.6 is 0 Å². The third-order valence-electron chi connectivity index (χ3n) is 0.748. The van der Waals surface area contributed by atoms with Crippen molar-refractivity contribution >= 4 is 11.6 Å². The van der Waals surface area contributed by atoms with Crippen LogP contribution < -0.4 is 16.5 Å². The van der Waals surface area contributed by atoms with Crippen molar-refractivity contribution in [2.45, 2.75) is 0 Å². The molecular formula is C4H7N4+. The van der Waals surface area contributed by atoms with E-state index in [1.807, 2.05) is 0 Å². The summed E-state index contributed by atoms with van der Waals surface area (Å²) >= 11 is 0. The first kappa shape index (κ1) is 4.83. The zero-order chi connectivity index (χ0) is 5.98. The van der Waals surface area contributed by atoms with Crippen molar-refractivity contribution in [3.63, 3.8) is 0 Å². The molecule has 0 unspecified atom stereocenters. The summed E-state index contributed by atoms with van der Waals surface area (Å²) in [6.07, 6.45) is 1.45. The number of nitrogens with two attached hydrogens (primary N) is 2. The van der Waals surface area contributed by atoms with Crippen LogP contribution in [0, 0.1) is 0 Å². The summed E-state index contributed by atoms with van der Waals surface area (Å²) in [7, 11) is 0. The Kier molecular flexibility index (Phi) is 0.997. The van der Waals surface area contributed by atoms with Crippen molar-refractivity contribution in [3.8, 4) is 0 Å². The van der Waals surface area contributed by atoms with E-state index in [-0.39, 0.29) is 0 Å². The monoisotopic (exact) mass is 111 g/mol. The van der Waals surface area contributed by atoms with Crippen molar-refractivity contribution in [1.82, 2.24) is 4.98 Å². The average molecular weight is 111 g/mol. The van der Waals surface area contributed by atoms with E-state index >= 15 is 0 Å². The highest BCUT2D eigenvalue weighted by Crippen LogP contribution is 1.93. The van der Waals surface area contributed by atoms with Crippen LogP contribution in [-0.4, -0.2) is 4.98 Å². The number of anilines is 2. The maximum absolute atomic E-state index is 5.28. The molecular weight excluding hydrogens is 104 g/mol. The predicted molar refractivity (Wildman–Crippen MR) is 29.6 cm³/mol. The molecule has 0 aromatic carbocycles. The number of H-pyrrole nitrogens is 1. The highest BCUT2D eigenvalue weighted by Gasteiger charge is 1.91. The Morgan fingerprint density at radius 2 is 2.25 bits per heavy atom. The van der Waals surface area contributed by atoms with Gasteiger partial charge in [0.25, 0.3) is 0 Å². The van der Waals surface area contributed by atoms with E-state index in [0.717, 1.165) is 0 Å². The van der Waals surface area contributed by atoms with Crippen molar-refractivity contribution in [2.24, 2.45) is 0 Å². The zero-order valence-electron chi connectivity index (χ0n) is 4.26. The molecule has 0 aliphatic rings. The number of aromatic nitrogens is 2. The Morgan fingerprint density at radius 3 is 2.62 bits per heavy atom. The number of nitrogens with one attached hydrogen (secondary N) is 1. The summed E-state index contributed by atoms with van der Waals surface area (Å²) in [5, 5.41) is 0. The second-order valence-electron chi connectivity index (χ2n) is 1.43. The van der Waals surface area contributed by atoms with E-state index in [1.165, 1.54) is 6.33 Å². The summed E-state index contributed by atoms with van der Waals surface area (Å²) < 4.78 is 0. The number of nitrogen functional groups attached to an aromatic ring is 2. The minimum absolute atomic E-state index is 0.432. The molecule has 42 valence electrons. The van der Waals surface area contributed by atoms with Crippen LogP contribution in [0.3, 0.4) is 0 Å². The molecule has 0 aliphatic heterocycles. The van der Waals surface area contributed by atoms with Gasteiger partial charge in [0.05, 0.1) is 6.07 Å². The Morgan fingerprint density at radius 1 is 1.50 bits per heavy atom. The SMILES string of the molecule is Nc1cc(N)[nH+]cn1. The minimum atomic E-state index is 0.432. The molecule has 1 rings (SSSR count). The number of nitrogens with zero attached hydrogens (tertiary/aromatic N) is 1. The predicted octanol–water partition coefficient (Wildman–Crippen LogP) is -0.940. The first-order valence-electron chi connectivity index (χ1n) is 2.18. The fourth-order valence-electron chi connectivity index (χ4n) is 0.420. The number of rotatable bonds is 0. The molecule has 1 aromatic heterocycles. The van der Waals surface area contributed by atoms with Crippen LogP contribution in [-0.2, 0) is 0 Å². The average Bonchev–Trinajstić information content (AvgIpc) is 1.64. The molecule has 0 aliphatic carbocycles. The molecule has 0 bridgehead atoms. The molecule has 4 heteroatoms. The molecule has 4 nitrogen and oxygen atoms in total. The highest BCUT2D eigenvalue weighted by atomic mass is 14.9. The first-order valence-corrected chi connectivity index (χ1v) is 2.18. The van der Waals surface area contributed by atoms with Crippen LogP contribution in [0.5, 0.6) is 0 Å². The lowest BCUT2D eigenvalue weighted by atomic mass is 10.5. The van der Waals surface area contributed by atoms with E-state index in [1.54, 1.807) is 6.07 Å². The molecule has 8 heavy (non-hydrogen) atoms. The van der Waals surface area contributed by atoms with E-state index in [2.05, 4.69) is 9.97 Å². The normalized spacial score (nSPS) is 9.00. The van der Waals surface area contributed by atoms with Gasteiger partial charge in [-0.2, -0.15) is 0 Å². The van der Waals surface area contributed by atoms with E-state index in [4.69, 9.17) is 11.5 Å². The van der Waals surface area contributed by atoms with E-state index in [9.17, 15) is 0 Å². The second kappa shape index (κ2) is 1.65. The molecule has 0 fully saturated rings. The van der Waals surface area contributed by atoms with Crippen LogP contribution in [0.4, 0.5) is 11.6 Å². The number of hydrogen-bond donors (Lipinski definition) is 2. The summed E-state index contributed by atoms with van der Waals surface area (Å²) in [5.74, 6) is 0.957. The van der Waals surface area contributed by atoms with Gasteiger partial charge in [-0.15, -0.1) is 0 Å². The lowest BCUT2D eigenvalue weighted by Crippen LogP contribution is -2.10. The fourth-order valence-corrected chi connectivity index (χ4v) is 0.420.